The van der Waals surface area contributed by atoms with Gasteiger partial charge < -0.3 is 0 Å². The van der Waals surface area contributed by atoms with E-state index in [0.717, 1.165) is 5.88 Å². The van der Waals surface area contributed by atoms with Crippen molar-refractivity contribution in [1.29, 1.82) is 0 Å². The second-order valence-corrected chi connectivity index (χ2v) is 3.99. The van der Waals surface area contributed by atoms with Crippen molar-refractivity contribution in [1.82, 2.24) is 0 Å². The van der Waals surface area contributed by atoms with Crippen LogP contribution in [0.4, 0.5) is 0 Å². The average molecular weight is 202 g/mol. The van der Waals surface area contributed by atoms with Gasteiger partial charge in [-0.05, 0) is 12.1 Å². The lowest BCUT2D eigenvalue weighted by Crippen LogP contribution is -2.30. The molecular weight excluding hydrogens is 190 g/mol. The van der Waals surface area contributed by atoms with Gasteiger partial charge in [-0.3, -0.25) is 0 Å². The third-order valence-electron chi connectivity index (χ3n) is 1.90. The van der Waals surface area contributed by atoms with Crippen LogP contribution in [0.25, 0.3) is 0 Å². The van der Waals surface area contributed by atoms with E-state index in [-0.39, 0.29) is 0 Å². The molecule has 1 aromatic carbocycles. The van der Waals surface area contributed by atoms with Crippen LogP contribution in [0.5, 0.6) is 0 Å². The van der Waals surface area contributed by atoms with Crippen LogP contribution in [0.15, 0.2) is 65.8 Å². The van der Waals surface area contributed by atoms with E-state index < -0.39 is 0 Å². The van der Waals surface area contributed by atoms with E-state index >= 15 is 0 Å². The Bertz CT molecular complexity index is 333. The first-order valence-electron chi connectivity index (χ1n) is 4.57. The highest BCUT2D eigenvalue weighted by molar-refractivity contribution is 7.98. The van der Waals surface area contributed by atoms with E-state index in [1.54, 1.807) is 0 Å². The molecule has 0 amide bonds. The summed E-state index contributed by atoms with van der Waals surface area (Å²) in [5, 5.41) is 0. The fraction of sp³-hybridized carbons (Fsp3) is 0.0833. The normalized spacial score (nSPS) is 10.0. The topological polar surface area (TPSA) is 3.88 Å². The van der Waals surface area contributed by atoms with Gasteiger partial charge in [0.1, 0.15) is 0 Å². The summed E-state index contributed by atoms with van der Waals surface area (Å²) in [5.41, 5.74) is 0. The van der Waals surface area contributed by atoms with Crippen LogP contribution in [0, 0.1) is 0 Å². The predicted octanol–water partition coefficient (Wildman–Crippen LogP) is 2.72. The summed E-state index contributed by atoms with van der Waals surface area (Å²) in [6.45, 7) is 0. The average Bonchev–Trinajstić information content (AvgIpc) is 2.29. The van der Waals surface area contributed by atoms with Gasteiger partial charge in [-0.2, -0.15) is 4.57 Å². The third-order valence-corrected chi connectivity index (χ3v) is 2.93. The molecule has 0 radical (unpaired) electrons. The van der Waals surface area contributed by atoms with Crippen molar-refractivity contribution in [3.05, 3.63) is 60.9 Å². The molecule has 14 heavy (non-hydrogen) atoms. The number of thioether (sulfide) groups is 1. The zero-order chi connectivity index (χ0) is 9.64. The molecule has 2 heteroatoms. The SMILES string of the molecule is c1ccc(SC[n+]2ccccc2)cc1. The molecule has 2 rings (SSSR count). The Hall–Kier alpha value is -1.28. The molecular formula is C12H12NS+. The van der Waals surface area contributed by atoms with Gasteiger partial charge in [0.05, 0.1) is 0 Å². The Morgan fingerprint density at radius 2 is 1.50 bits per heavy atom. The third kappa shape index (κ3) is 2.60. The van der Waals surface area contributed by atoms with Crippen LogP contribution < -0.4 is 4.57 Å². The monoisotopic (exact) mass is 202 g/mol. The Morgan fingerprint density at radius 3 is 2.21 bits per heavy atom. The van der Waals surface area contributed by atoms with Crippen molar-refractivity contribution in [3.63, 3.8) is 0 Å². The number of benzene rings is 1. The van der Waals surface area contributed by atoms with E-state index in [2.05, 4.69) is 41.2 Å². The minimum Gasteiger partial charge on any atom is -0.195 e. The summed E-state index contributed by atoms with van der Waals surface area (Å²) in [7, 11) is 0. The van der Waals surface area contributed by atoms with Crippen molar-refractivity contribution in [2.45, 2.75) is 10.8 Å². The van der Waals surface area contributed by atoms with Crippen LogP contribution in [-0.4, -0.2) is 0 Å². The molecule has 0 aliphatic carbocycles. The second-order valence-electron chi connectivity index (χ2n) is 2.98. The van der Waals surface area contributed by atoms with Gasteiger partial charge >= 0.3 is 0 Å². The highest BCUT2D eigenvalue weighted by Gasteiger charge is 1.98. The molecule has 0 bridgehead atoms. The molecule has 1 aromatic heterocycles. The lowest BCUT2D eigenvalue weighted by Gasteiger charge is -1.96. The second kappa shape index (κ2) is 4.82. The Labute approximate surface area is 88.4 Å². The van der Waals surface area contributed by atoms with Gasteiger partial charge in [0, 0.05) is 17.0 Å². The summed E-state index contributed by atoms with van der Waals surface area (Å²) >= 11 is 1.84. The summed E-state index contributed by atoms with van der Waals surface area (Å²) in [6, 6.07) is 16.6. The number of pyridine rings is 1. The molecule has 0 aliphatic rings. The van der Waals surface area contributed by atoms with Crippen LogP contribution in [0.1, 0.15) is 0 Å². The lowest BCUT2D eigenvalue weighted by molar-refractivity contribution is -0.675. The van der Waals surface area contributed by atoms with Crippen molar-refractivity contribution in [3.8, 4) is 0 Å². The number of aromatic nitrogens is 1. The molecule has 2 aromatic rings. The number of nitrogens with zero attached hydrogens (tertiary/aromatic N) is 1. The lowest BCUT2D eigenvalue weighted by atomic mass is 10.4. The zero-order valence-corrected chi connectivity index (χ0v) is 8.65. The first kappa shape index (κ1) is 9.28. The van der Waals surface area contributed by atoms with Gasteiger partial charge in [0.15, 0.2) is 18.3 Å². The standard InChI is InChI=1S/C12H12NS/c1-3-7-12(8-4-1)14-11-13-9-5-2-6-10-13/h1-10H,11H2/q+1. The van der Waals surface area contributed by atoms with Gasteiger partial charge in [-0.1, -0.05) is 36.0 Å². The van der Waals surface area contributed by atoms with Crippen LogP contribution >= 0.6 is 11.8 Å². The molecule has 0 fully saturated rings. The van der Waals surface area contributed by atoms with Crippen molar-refractivity contribution in [2.75, 3.05) is 0 Å². The summed E-state index contributed by atoms with van der Waals surface area (Å²) in [5.74, 6) is 0.963. The van der Waals surface area contributed by atoms with E-state index in [9.17, 15) is 0 Å². The largest absolute Gasteiger partial charge is 0.198 e. The Kier molecular flexibility index (Phi) is 3.19. The van der Waals surface area contributed by atoms with Gasteiger partial charge in [0.25, 0.3) is 0 Å². The smallest absolute Gasteiger partial charge is 0.195 e. The quantitative estimate of drug-likeness (QED) is 0.547. The molecule has 1 nitrogen and oxygen atoms in total. The maximum Gasteiger partial charge on any atom is 0.198 e. The molecule has 0 aliphatic heterocycles. The fourth-order valence-corrected chi connectivity index (χ4v) is 2.01. The van der Waals surface area contributed by atoms with Gasteiger partial charge in [0.2, 0.25) is 0 Å². The molecule has 0 spiro atoms. The predicted molar refractivity (Wildman–Crippen MR) is 58.9 cm³/mol. The molecule has 0 unspecified atom stereocenters. The maximum absolute atomic E-state index is 2.16. The van der Waals surface area contributed by atoms with E-state index in [0.29, 0.717) is 0 Å². The minimum absolute atomic E-state index is 0.963. The van der Waals surface area contributed by atoms with E-state index in [1.165, 1.54) is 4.90 Å². The summed E-state index contributed by atoms with van der Waals surface area (Å²) in [4.78, 5) is 1.31. The fourth-order valence-electron chi connectivity index (χ4n) is 1.19. The summed E-state index contributed by atoms with van der Waals surface area (Å²) < 4.78 is 2.16. The molecule has 0 saturated carbocycles. The Morgan fingerprint density at radius 1 is 0.857 bits per heavy atom. The minimum atomic E-state index is 0.963. The highest BCUT2D eigenvalue weighted by atomic mass is 32.2. The van der Waals surface area contributed by atoms with Crippen molar-refractivity contribution in [2.24, 2.45) is 0 Å². The van der Waals surface area contributed by atoms with Gasteiger partial charge in [-0.15, -0.1) is 0 Å². The highest BCUT2D eigenvalue weighted by Crippen LogP contribution is 2.16. The van der Waals surface area contributed by atoms with Crippen molar-refractivity contribution >= 4 is 11.8 Å². The molecule has 0 saturated heterocycles. The number of rotatable bonds is 3. The Balaban J connectivity index is 1.96. The maximum atomic E-state index is 2.16. The van der Waals surface area contributed by atoms with E-state index in [4.69, 9.17) is 0 Å². The van der Waals surface area contributed by atoms with Crippen LogP contribution in [0.2, 0.25) is 0 Å². The van der Waals surface area contributed by atoms with Crippen LogP contribution in [0.3, 0.4) is 0 Å². The number of hydrogen-bond acceptors (Lipinski definition) is 1. The molecule has 0 N–H and O–H groups in total. The van der Waals surface area contributed by atoms with E-state index in [1.807, 2.05) is 36.0 Å². The first-order valence-corrected chi connectivity index (χ1v) is 5.56. The van der Waals surface area contributed by atoms with Gasteiger partial charge in [-0.25, -0.2) is 0 Å². The first-order chi connectivity index (χ1) is 6.95. The zero-order valence-electron chi connectivity index (χ0n) is 7.84. The summed E-state index contributed by atoms with van der Waals surface area (Å²) in [6.07, 6.45) is 4.16. The van der Waals surface area contributed by atoms with Crippen molar-refractivity contribution < 1.29 is 4.57 Å². The molecule has 0 atom stereocenters. The molecule has 70 valence electrons. The van der Waals surface area contributed by atoms with Crippen LogP contribution in [-0.2, 0) is 5.88 Å². The number of hydrogen-bond donors (Lipinski definition) is 0. The molecule has 1 heterocycles.